The van der Waals surface area contributed by atoms with Crippen LogP contribution in [0.4, 0.5) is 4.79 Å². The van der Waals surface area contributed by atoms with Crippen LogP contribution in [0.25, 0.3) is 0 Å². The standard InChI is InChI=1S/C31H47N7O9S/c1-6-20(4)26(29(43)35-22(17-24(39)40)14-16-48(5,45)46)37-27(41)23(13-10-15-34-30(32)33)36-28(42)25(19(2)3)38-31(44)47-18-21-11-8-7-9-12-21/h7-9,11-12,19-20,22-23,25-26H,6,10,13,15,17-18H2,1-5H3,(H,35,43)(H,36,42)(H,37,41)(H,38,44)(H,39,40)(H4,32,33,34)/t20?,22-,23+,25+,26+/m1/s1. The number of rotatable bonds is 18. The molecule has 1 aromatic rings. The fourth-order valence-corrected chi connectivity index (χ4v) is 4.53. The maximum atomic E-state index is 13.6. The molecule has 16 nitrogen and oxygen atoms in total. The van der Waals surface area contributed by atoms with Gasteiger partial charge in [0.15, 0.2) is 5.96 Å². The van der Waals surface area contributed by atoms with E-state index in [0.29, 0.717) is 6.42 Å². The summed E-state index contributed by atoms with van der Waals surface area (Å²) in [5.41, 5.74) is 11.5. The monoisotopic (exact) mass is 693 g/mol. The van der Waals surface area contributed by atoms with Crippen molar-refractivity contribution in [3.63, 3.8) is 0 Å². The first-order valence-electron chi connectivity index (χ1n) is 15.3. The summed E-state index contributed by atoms with van der Waals surface area (Å²) in [4.78, 5) is 68.2. The Morgan fingerprint density at radius 2 is 1.56 bits per heavy atom. The molecule has 5 atom stereocenters. The van der Waals surface area contributed by atoms with Crippen LogP contribution in [0.2, 0.25) is 0 Å². The number of sulfone groups is 1. The summed E-state index contributed by atoms with van der Waals surface area (Å²) in [6, 6.07) is 4.03. The third-order valence-electron chi connectivity index (χ3n) is 6.92. The molecule has 9 N–H and O–H groups in total. The van der Waals surface area contributed by atoms with Crippen molar-refractivity contribution in [1.82, 2.24) is 21.3 Å². The molecule has 0 aliphatic rings. The number of amides is 4. The normalized spacial score (nSPS) is 14.0. The fraction of sp³-hybridized carbons (Fsp3) is 0.548. The molecule has 0 heterocycles. The Morgan fingerprint density at radius 1 is 0.938 bits per heavy atom. The maximum absolute atomic E-state index is 13.6. The van der Waals surface area contributed by atoms with Gasteiger partial charge in [0.25, 0.3) is 0 Å². The number of alkyl carbamates (subject to hydrolysis) is 1. The highest BCUT2D eigenvalue weighted by Gasteiger charge is 2.33. The molecule has 0 saturated carbocycles. The Hall–Kier alpha value is -4.85. The summed E-state index contributed by atoms with van der Waals surface area (Å²) in [5.74, 6) is -2.41. The summed E-state index contributed by atoms with van der Waals surface area (Å²) in [6.07, 6.45) is -0.0225. The topological polar surface area (TPSA) is 261 Å². The Morgan fingerprint density at radius 3 is 2.10 bits per heavy atom. The summed E-state index contributed by atoms with van der Waals surface area (Å²) in [5, 5.41) is 21.4. The third kappa shape index (κ3) is 16.6. The average molecular weight is 694 g/mol. The Bertz CT molecular complexity index is 1450. The van der Waals surface area contributed by atoms with Gasteiger partial charge in [0.05, 0.1) is 12.7 Å². The van der Waals surface area contributed by atoms with Crippen molar-refractivity contribution in [2.24, 2.45) is 28.3 Å². The second-order valence-electron chi connectivity index (χ2n) is 11.5. The lowest BCUT2D eigenvalue weighted by Crippen LogP contribution is -2.59. The highest BCUT2D eigenvalue weighted by atomic mass is 32.2. The SMILES string of the molecule is CCC(C)[C@H](NC(=O)[C@H](CCCN=C(N)N)NC(=O)[C@@H](NC(=O)OCc1ccccc1)C(C)C)C(=O)N[C@H](C#CS(C)(=O)=O)CC(=O)O. The number of aliphatic carboxylic acids is 1. The van der Waals surface area contributed by atoms with Gasteiger partial charge in [-0.3, -0.25) is 24.2 Å². The van der Waals surface area contributed by atoms with Gasteiger partial charge in [-0.15, -0.1) is 0 Å². The van der Waals surface area contributed by atoms with E-state index in [2.05, 4.69) is 32.2 Å². The summed E-state index contributed by atoms with van der Waals surface area (Å²) in [6.45, 7) is 6.93. The summed E-state index contributed by atoms with van der Waals surface area (Å²) in [7, 11) is -3.80. The molecule has 0 spiro atoms. The van der Waals surface area contributed by atoms with Gasteiger partial charge in [-0.2, -0.15) is 0 Å². The zero-order chi connectivity index (χ0) is 36.4. The molecule has 0 bridgehead atoms. The first-order chi connectivity index (χ1) is 22.4. The molecular weight excluding hydrogens is 646 g/mol. The Kier molecular flexibility index (Phi) is 17.5. The predicted octanol–water partition coefficient (Wildman–Crippen LogP) is -0.0283. The van der Waals surface area contributed by atoms with Crippen LogP contribution in [-0.2, 0) is 40.4 Å². The number of ether oxygens (including phenoxy) is 1. The molecular formula is C31H47N7O9S. The van der Waals surface area contributed by atoms with Crippen molar-refractivity contribution in [3.05, 3.63) is 35.9 Å². The molecule has 266 valence electrons. The van der Waals surface area contributed by atoms with E-state index in [4.69, 9.17) is 16.2 Å². The minimum absolute atomic E-state index is 0.0266. The van der Waals surface area contributed by atoms with E-state index in [-0.39, 0.29) is 32.0 Å². The van der Waals surface area contributed by atoms with E-state index in [9.17, 15) is 37.5 Å². The van der Waals surface area contributed by atoms with Crippen LogP contribution in [0.1, 0.15) is 58.9 Å². The zero-order valence-electron chi connectivity index (χ0n) is 27.8. The van der Waals surface area contributed by atoms with E-state index >= 15 is 0 Å². The van der Waals surface area contributed by atoms with Crippen molar-refractivity contribution in [2.75, 3.05) is 12.8 Å². The van der Waals surface area contributed by atoms with E-state index in [1.54, 1.807) is 52.0 Å². The van der Waals surface area contributed by atoms with Crippen molar-refractivity contribution < 1.29 is 42.2 Å². The minimum atomic E-state index is -3.80. The van der Waals surface area contributed by atoms with E-state index in [1.165, 1.54) is 0 Å². The number of benzene rings is 1. The summed E-state index contributed by atoms with van der Waals surface area (Å²) < 4.78 is 28.3. The van der Waals surface area contributed by atoms with Gasteiger partial charge in [-0.25, -0.2) is 13.2 Å². The lowest BCUT2D eigenvalue weighted by atomic mass is 9.96. The van der Waals surface area contributed by atoms with Crippen molar-refractivity contribution >= 4 is 45.6 Å². The number of nitrogens with two attached hydrogens (primary N) is 2. The molecule has 0 radical (unpaired) electrons. The van der Waals surface area contributed by atoms with E-state index in [0.717, 1.165) is 11.8 Å². The van der Waals surface area contributed by atoms with Gasteiger partial charge in [-0.1, -0.05) is 70.4 Å². The van der Waals surface area contributed by atoms with Gasteiger partial charge < -0.3 is 42.6 Å². The largest absolute Gasteiger partial charge is 0.481 e. The lowest BCUT2D eigenvalue weighted by Gasteiger charge is -2.28. The number of nitrogens with one attached hydrogen (secondary N) is 4. The van der Waals surface area contributed by atoms with Gasteiger partial charge in [-0.05, 0) is 30.2 Å². The smallest absolute Gasteiger partial charge is 0.408 e. The molecule has 1 rings (SSSR count). The van der Waals surface area contributed by atoms with E-state index in [1.807, 2.05) is 11.3 Å². The Balaban J connectivity index is 3.20. The zero-order valence-corrected chi connectivity index (χ0v) is 28.6. The van der Waals surface area contributed by atoms with Crippen LogP contribution in [0.3, 0.4) is 0 Å². The number of carbonyl (C=O) groups excluding carboxylic acids is 4. The van der Waals surface area contributed by atoms with Crippen LogP contribution < -0.4 is 32.7 Å². The van der Waals surface area contributed by atoms with Crippen LogP contribution in [0.5, 0.6) is 0 Å². The van der Waals surface area contributed by atoms with Crippen molar-refractivity contribution in [3.8, 4) is 11.2 Å². The number of guanidine groups is 1. The number of carboxylic acid groups (broad SMARTS) is 1. The number of nitrogens with zero attached hydrogens (tertiary/aromatic N) is 1. The Labute approximate surface area is 281 Å². The van der Waals surface area contributed by atoms with Gasteiger partial charge in [0, 0.05) is 11.8 Å². The fourth-order valence-electron chi connectivity index (χ4n) is 4.17. The number of carbonyl (C=O) groups is 5. The highest BCUT2D eigenvalue weighted by Crippen LogP contribution is 2.12. The molecule has 0 fully saturated rings. The number of carboxylic acids is 1. The van der Waals surface area contributed by atoms with Crippen LogP contribution >= 0.6 is 0 Å². The molecule has 0 aliphatic heterocycles. The first-order valence-corrected chi connectivity index (χ1v) is 17.2. The molecule has 48 heavy (non-hydrogen) atoms. The second-order valence-corrected chi connectivity index (χ2v) is 13.2. The number of hydrogen-bond donors (Lipinski definition) is 7. The van der Waals surface area contributed by atoms with E-state index < -0.39 is 82.0 Å². The second kappa shape index (κ2) is 20.4. The molecule has 1 aromatic carbocycles. The molecule has 4 amide bonds. The van der Waals surface area contributed by atoms with Crippen LogP contribution in [-0.4, -0.2) is 86.2 Å². The molecule has 0 saturated heterocycles. The minimum Gasteiger partial charge on any atom is -0.481 e. The third-order valence-corrected chi connectivity index (χ3v) is 7.41. The molecule has 17 heteroatoms. The van der Waals surface area contributed by atoms with Crippen LogP contribution in [0, 0.1) is 23.0 Å². The average Bonchev–Trinajstić information content (AvgIpc) is 3.00. The quantitative estimate of drug-likeness (QED) is 0.0353. The van der Waals surface area contributed by atoms with Gasteiger partial charge in [0.1, 0.15) is 30.8 Å². The van der Waals surface area contributed by atoms with Crippen LogP contribution in [0.15, 0.2) is 35.3 Å². The van der Waals surface area contributed by atoms with Crippen molar-refractivity contribution in [1.29, 1.82) is 0 Å². The van der Waals surface area contributed by atoms with Gasteiger partial charge in [0.2, 0.25) is 27.6 Å². The molecule has 0 aromatic heterocycles. The molecule has 1 unspecified atom stereocenters. The molecule has 0 aliphatic carbocycles. The van der Waals surface area contributed by atoms with Crippen molar-refractivity contribution in [2.45, 2.75) is 84.2 Å². The number of hydrogen-bond acceptors (Lipinski definition) is 9. The predicted molar refractivity (Wildman–Crippen MR) is 178 cm³/mol. The van der Waals surface area contributed by atoms with Gasteiger partial charge >= 0.3 is 12.1 Å². The highest BCUT2D eigenvalue weighted by molar-refractivity contribution is 7.95. The lowest BCUT2D eigenvalue weighted by molar-refractivity contribution is -0.137. The number of aliphatic imine (C=N–C) groups is 1. The first kappa shape index (κ1) is 41.2. The summed E-state index contributed by atoms with van der Waals surface area (Å²) >= 11 is 0. The maximum Gasteiger partial charge on any atom is 0.408 e.